The largest absolute Gasteiger partial charge is 0.460 e. The van der Waals surface area contributed by atoms with Crippen LogP contribution in [0.1, 0.15) is 20.3 Å². The molecule has 170 valence electrons. The molecule has 13 heteroatoms. The molecular formula is C17H28N3O9P. The number of ether oxygens (including phenoxy) is 2. The van der Waals surface area contributed by atoms with Crippen LogP contribution < -0.4 is 15.4 Å². The van der Waals surface area contributed by atoms with Gasteiger partial charge < -0.3 is 45.2 Å². The third-order valence-corrected chi connectivity index (χ3v) is 5.08. The van der Waals surface area contributed by atoms with Gasteiger partial charge in [0.15, 0.2) is 0 Å². The van der Waals surface area contributed by atoms with E-state index in [0.29, 0.717) is 5.82 Å². The highest BCUT2D eigenvalue weighted by molar-refractivity contribution is 7.51. The van der Waals surface area contributed by atoms with Gasteiger partial charge in [0.25, 0.3) is 0 Å². The van der Waals surface area contributed by atoms with Gasteiger partial charge in [-0.1, -0.05) is 0 Å². The van der Waals surface area contributed by atoms with Gasteiger partial charge in [-0.25, -0.2) is 4.98 Å². The van der Waals surface area contributed by atoms with Gasteiger partial charge in [-0.2, -0.15) is 0 Å². The average molecular weight is 449 g/mol. The minimum absolute atomic E-state index is 0.0179. The van der Waals surface area contributed by atoms with E-state index in [1.54, 1.807) is 0 Å². The Morgan fingerprint density at radius 1 is 1.23 bits per heavy atom. The number of aromatic nitrogens is 1. The van der Waals surface area contributed by atoms with E-state index in [1.807, 2.05) is 13.8 Å². The van der Waals surface area contributed by atoms with Crippen molar-refractivity contribution in [3.8, 4) is 5.75 Å². The van der Waals surface area contributed by atoms with Crippen molar-refractivity contribution >= 4 is 19.3 Å². The van der Waals surface area contributed by atoms with Gasteiger partial charge in [-0.05, 0) is 32.4 Å². The van der Waals surface area contributed by atoms with Crippen LogP contribution in [-0.4, -0.2) is 85.5 Å². The molecule has 1 saturated heterocycles. The van der Waals surface area contributed by atoms with E-state index < -0.39 is 44.5 Å². The van der Waals surface area contributed by atoms with Crippen LogP contribution in [0.4, 0.5) is 5.82 Å². The highest BCUT2D eigenvalue weighted by Gasteiger charge is 2.45. The van der Waals surface area contributed by atoms with Crippen molar-refractivity contribution in [1.29, 1.82) is 0 Å². The van der Waals surface area contributed by atoms with E-state index in [4.69, 9.17) is 19.3 Å². The molecule has 1 aromatic heterocycles. The van der Waals surface area contributed by atoms with E-state index >= 15 is 0 Å². The number of anilines is 1. The van der Waals surface area contributed by atoms with E-state index in [0.717, 1.165) is 0 Å². The van der Waals surface area contributed by atoms with E-state index in [1.165, 1.54) is 18.3 Å². The Morgan fingerprint density at radius 3 is 2.50 bits per heavy atom. The zero-order valence-corrected chi connectivity index (χ0v) is 17.5. The summed E-state index contributed by atoms with van der Waals surface area (Å²) in [5.74, 6) is 0.384. The van der Waals surface area contributed by atoms with Crippen LogP contribution in [0.3, 0.4) is 0 Å². The molecule has 0 aromatic carbocycles. The molecule has 5 atom stereocenters. The standard InChI is InChI=1S/C17H28N3O9P/c1-9(2)20-13(21)8-19-12-4-3-10(7-18-12)28-17-16(24)15(23)14(22)11(29-17)5-6-30(25,26)27/h3-4,7,9,11,14-17,22-24H,5-6,8H2,1-2H3,(H,18,19)(H,20,21)(H2,25,26,27)/t11-,14-,15+,16+,17+/m1/s1. The lowest BCUT2D eigenvalue weighted by Crippen LogP contribution is -2.59. The first kappa shape index (κ1) is 24.5. The minimum Gasteiger partial charge on any atom is -0.460 e. The first-order valence-corrected chi connectivity index (χ1v) is 11.2. The van der Waals surface area contributed by atoms with Gasteiger partial charge in [-0.15, -0.1) is 0 Å². The monoisotopic (exact) mass is 449 g/mol. The fraction of sp³-hybridized carbons (Fsp3) is 0.647. The Labute approximate surface area is 173 Å². The van der Waals surface area contributed by atoms with Crippen LogP contribution in [0.2, 0.25) is 0 Å². The van der Waals surface area contributed by atoms with Crippen LogP contribution >= 0.6 is 7.60 Å². The molecule has 7 N–H and O–H groups in total. The summed E-state index contributed by atoms with van der Waals surface area (Å²) in [7, 11) is -4.33. The fourth-order valence-corrected chi connectivity index (χ4v) is 3.37. The maximum Gasteiger partial charge on any atom is 0.325 e. The van der Waals surface area contributed by atoms with Crippen molar-refractivity contribution in [3.63, 3.8) is 0 Å². The number of nitrogens with one attached hydrogen (secondary N) is 2. The van der Waals surface area contributed by atoms with Crippen molar-refractivity contribution in [3.05, 3.63) is 18.3 Å². The van der Waals surface area contributed by atoms with Crippen molar-refractivity contribution in [2.24, 2.45) is 0 Å². The number of rotatable bonds is 9. The van der Waals surface area contributed by atoms with Crippen molar-refractivity contribution in [2.45, 2.75) is 57.0 Å². The molecule has 1 aromatic rings. The minimum atomic E-state index is -4.33. The highest BCUT2D eigenvalue weighted by atomic mass is 31.2. The second-order valence-corrected chi connectivity index (χ2v) is 9.04. The zero-order valence-electron chi connectivity index (χ0n) is 16.6. The Kier molecular flexibility index (Phi) is 8.56. The second-order valence-electron chi connectivity index (χ2n) is 7.26. The average Bonchev–Trinajstić information content (AvgIpc) is 2.65. The van der Waals surface area contributed by atoms with Crippen LogP contribution in [-0.2, 0) is 14.1 Å². The third kappa shape index (κ3) is 7.47. The summed E-state index contributed by atoms with van der Waals surface area (Å²) < 4.78 is 21.9. The molecule has 30 heavy (non-hydrogen) atoms. The first-order valence-electron chi connectivity index (χ1n) is 9.36. The first-order chi connectivity index (χ1) is 14.0. The van der Waals surface area contributed by atoms with Gasteiger partial charge in [0.1, 0.15) is 29.9 Å². The molecule has 0 radical (unpaired) electrons. The number of pyridine rings is 1. The van der Waals surface area contributed by atoms with Crippen molar-refractivity contribution < 1.29 is 43.9 Å². The Bertz CT molecular complexity index is 742. The molecule has 1 aliphatic rings. The van der Waals surface area contributed by atoms with Gasteiger partial charge in [0, 0.05) is 6.04 Å². The molecular weight excluding hydrogens is 421 g/mol. The topological polar surface area (TPSA) is 191 Å². The summed E-state index contributed by atoms with van der Waals surface area (Å²) in [4.78, 5) is 33.7. The summed E-state index contributed by atoms with van der Waals surface area (Å²) in [5, 5.41) is 35.6. The molecule has 0 spiro atoms. The number of aliphatic hydroxyl groups is 3. The maximum atomic E-state index is 11.6. The molecule has 0 unspecified atom stereocenters. The van der Waals surface area contributed by atoms with Crippen LogP contribution in [0.25, 0.3) is 0 Å². The molecule has 1 amide bonds. The van der Waals surface area contributed by atoms with Crippen LogP contribution in [0.15, 0.2) is 18.3 Å². The lowest BCUT2D eigenvalue weighted by molar-refractivity contribution is -0.272. The van der Waals surface area contributed by atoms with Crippen molar-refractivity contribution in [2.75, 3.05) is 18.0 Å². The summed E-state index contributed by atoms with van der Waals surface area (Å²) in [6.07, 6.45) is -6.78. The predicted molar refractivity (Wildman–Crippen MR) is 105 cm³/mol. The van der Waals surface area contributed by atoms with Crippen LogP contribution in [0.5, 0.6) is 5.75 Å². The lowest BCUT2D eigenvalue weighted by atomic mass is 9.97. The van der Waals surface area contributed by atoms with E-state index in [2.05, 4.69) is 15.6 Å². The quantitative estimate of drug-likeness (QED) is 0.223. The van der Waals surface area contributed by atoms with Crippen molar-refractivity contribution in [1.82, 2.24) is 10.3 Å². The molecule has 0 bridgehead atoms. The predicted octanol–water partition coefficient (Wildman–Crippen LogP) is -1.23. The molecule has 0 aliphatic carbocycles. The summed E-state index contributed by atoms with van der Waals surface area (Å²) in [6, 6.07) is 3.04. The van der Waals surface area contributed by atoms with Gasteiger partial charge in [0.05, 0.1) is 25.0 Å². The highest BCUT2D eigenvalue weighted by Crippen LogP contribution is 2.37. The fourth-order valence-electron chi connectivity index (χ4n) is 2.78. The third-order valence-electron chi connectivity index (χ3n) is 4.24. The number of aliphatic hydroxyl groups excluding tert-OH is 3. The number of carbonyl (C=O) groups excluding carboxylic acids is 1. The van der Waals surface area contributed by atoms with E-state index in [-0.39, 0.29) is 30.7 Å². The second kappa shape index (κ2) is 10.5. The summed E-state index contributed by atoms with van der Waals surface area (Å²) in [6.45, 7) is 3.72. The molecule has 1 fully saturated rings. The van der Waals surface area contributed by atoms with Gasteiger partial charge in [-0.3, -0.25) is 9.36 Å². The normalized spacial score (nSPS) is 27.0. The molecule has 1 aliphatic heterocycles. The lowest BCUT2D eigenvalue weighted by Gasteiger charge is -2.40. The Balaban J connectivity index is 1.95. The number of carbonyl (C=O) groups is 1. The molecule has 12 nitrogen and oxygen atoms in total. The number of hydrogen-bond acceptors (Lipinski definition) is 9. The molecule has 2 rings (SSSR count). The number of nitrogens with zero attached hydrogens (tertiary/aromatic N) is 1. The zero-order chi connectivity index (χ0) is 22.5. The SMILES string of the molecule is CC(C)NC(=O)CNc1ccc(O[C@H]2O[C@H](CCP(=O)(O)O)[C@@H](O)[C@H](O)[C@@H]2O)cn1. The molecule has 0 saturated carbocycles. The summed E-state index contributed by atoms with van der Waals surface area (Å²) >= 11 is 0. The van der Waals surface area contributed by atoms with Gasteiger partial charge in [0.2, 0.25) is 12.2 Å². The summed E-state index contributed by atoms with van der Waals surface area (Å²) in [5.41, 5.74) is 0. The number of amides is 1. The molecule has 2 heterocycles. The Morgan fingerprint density at radius 2 is 1.93 bits per heavy atom. The number of hydrogen-bond donors (Lipinski definition) is 7. The smallest absolute Gasteiger partial charge is 0.325 e. The van der Waals surface area contributed by atoms with Gasteiger partial charge >= 0.3 is 7.60 Å². The van der Waals surface area contributed by atoms with E-state index in [9.17, 15) is 24.7 Å². The Hall–Kier alpha value is -1.79. The van der Waals surface area contributed by atoms with Crippen LogP contribution in [0, 0.1) is 0 Å². The maximum absolute atomic E-state index is 11.6.